The molecular formula is C16H16O5. The van der Waals surface area contributed by atoms with E-state index in [1.165, 1.54) is 12.1 Å². The van der Waals surface area contributed by atoms with Crippen LogP contribution < -0.4 is 10.4 Å². The number of rotatable bonds is 2. The van der Waals surface area contributed by atoms with E-state index in [1.54, 1.807) is 6.92 Å². The molecule has 1 unspecified atom stereocenters. The fraction of sp³-hybridized carbons (Fsp3) is 0.375. The maximum Gasteiger partial charge on any atom is 0.336 e. The van der Waals surface area contributed by atoms with Gasteiger partial charge in [0.25, 0.3) is 0 Å². The number of carbonyl (C=O) groups excluding carboxylic acids is 1. The second-order valence-corrected chi connectivity index (χ2v) is 5.37. The van der Waals surface area contributed by atoms with Gasteiger partial charge in [0, 0.05) is 18.6 Å². The maximum absolute atomic E-state index is 12.2. The van der Waals surface area contributed by atoms with Gasteiger partial charge in [0.05, 0.1) is 5.39 Å². The molecule has 0 bridgehead atoms. The minimum atomic E-state index is -0.472. The molecule has 1 atom stereocenters. The van der Waals surface area contributed by atoms with Crippen molar-refractivity contribution in [1.29, 1.82) is 0 Å². The molecular weight excluding hydrogens is 272 g/mol. The van der Waals surface area contributed by atoms with Crippen molar-refractivity contribution in [1.82, 2.24) is 0 Å². The fourth-order valence-corrected chi connectivity index (χ4v) is 2.82. The van der Waals surface area contributed by atoms with Gasteiger partial charge in [0.2, 0.25) is 0 Å². The van der Waals surface area contributed by atoms with Crippen molar-refractivity contribution >= 4 is 16.8 Å². The standard InChI is InChI=1S/C16H16O5/c1-3-4-9-6-13(19)21-12-7-11(18)15-10(17)5-8(2)20-16(15)14(9)12/h6-8,18H,3-5H2,1-2H3. The highest BCUT2D eigenvalue weighted by Crippen LogP contribution is 2.42. The van der Waals surface area contributed by atoms with Crippen molar-refractivity contribution in [2.75, 3.05) is 0 Å². The molecule has 0 saturated heterocycles. The molecule has 1 N–H and O–H groups in total. The number of fused-ring (bicyclic) bond motifs is 3. The lowest BCUT2D eigenvalue weighted by atomic mass is 9.95. The van der Waals surface area contributed by atoms with Gasteiger partial charge < -0.3 is 14.3 Å². The maximum atomic E-state index is 12.2. The number of phenolic OH excluding ortho intramolecular Hbond substituents is 1. The van der Waals surface area contributed by atoms with Crippen LogP contribution in [0.2, 0.25) is 0 Å². The number of aromatic hydroxyl groups is 1. The first-order chi connectivity index (χ1) is 10.0. The molecule has 1 aliphatic rings. The Morgan fingerprint density at radius 1 is 1.33 bits per heavy atom. The number of phenols is 1. The minimum absolute atomic E-state index is 0.156. The second kappa shape index (κ2) is 4.91. The van der Waals surface area contributed by atoms with E-state index in [1.807, 2.05) is 6.92 Å². The molecule has 0 amide bonds. The molecule has 0 saturated carbocycles. The third-order valence-corrected chi connectivity index (χ3v) is 3.64. The smallest absolute Gasteiger partial charge is 0.336 e. The van der Waals surface area contributed by atoms with Gasteiger partial charge in [-0.05, 0) is 18.9 Å². The molecule has 0 aliphatic carbocycles. The van der Waals surface area contributed by atoms with E-state index in [0.717, 1.165) is 12.0 Å². The van der Waals surface area contributed by atoms with Gasteiger partial charge in [-0.3, -0.25) is 4.79 Å². The lowest BCUT2D eigenvalue weighted by molar-refractivity contribution is 0.0869. The Labute approximate surface area is 121 Å². The first-order valence-corrected chi connectivity index (χ1v) is 7.03. The molecule has 1 aromatic carbocycles. The monoisotopic (exact) mass is 288 g/mol. The van der Waals surface area contributed by atoms with Crippen LogP contribution in [0.25, 0.3) is 11.0 Å². The second-order valence-electron chi connectivity index (χ2n) is 5.37. The summed E-state index contributed by atoms with van der Waals surface area (Å²) in [6, 6.07) is 2.75. The number of benzene rings is 1. The Bertz CT molecular complexity index is 787. The molecule has 0 spiro atoms. The van der Waals surface area contributed by atoms with Crippen LogP contribution in [0, 0.1) is 0 Å². The van der Waals surface area contributed by atoms with Crippen LogP contribution in [-0.2, 0) is 6.42 Å². The zero-order valence-corrected chi connectivity index (χ0v) is 11.9. The van der Waals surface area contributed by atoms with Crippen molar-refractivity contribution in [3.8, 4) is 11.5 Å². The number of Topliss-reactive ketones (excluding diaryl/α,β-unsaturated/α-hetero) is 1. The van der Waals surface area contributed by atoms with Crippen LogP contribution in [-0.4, -0.2) is 17.0 Å². The van der Waals surface area contributed by atoms with Crippen LogP contribution in [0.1, 0.15) is 42.6 Å². The summed E-state index contributed by atoms with van der Waals surface area (Å²) in [5.41, 5.74) is 0.748. The number of hydrogen-bond donors (Lipinski definition) is 1. The van der Waals surface area contributed by atoms with Crippen molar-refractivity contribution in [3.63, 3.8) is 0 Å². The van der Waals surface area contributed by atoms with E-state index in [-0.39, 0.29) is 35.2 Å². The molecule has 5 nitrogen and oxygen atoms in total. The van der Waals surface area contributed by atoms with E-state index < -0.39 is 5.63 Å². The highest BCUT2D eigenvalue weighted by Gasteiger charge is 2.30. The Hall–Kier alpha value is -2.30. The Balaban J connectivity index is 2.42. The molecule has 1 aliphatic heterocycles. The Morgan fingerprint density at radius 2 is 2.10 bits per heavy atom. The zero-order valence-electron chi connectivity index (χ0n) is 11.9. The summed E-state index contributed by atoms with van der Waals surface area (Å²) in [6.07, 6.45) is 1.48. The normalized spacial score (nSPS) is 17.6. The molecule has 21 heavy (non-hydrogen) atoms. The van der Waals surface area contributed by atoms with Crippen LogP contribution in [0.3, 0.4) is 0 Å². The average molecular weight is 288 g/mol. The van der Waals surface area contributed by atoms with Gasteiger partial charge in [-0.15, -0.1) is 0 Å². The van der Waals surface area contributed by atoms with Gasteiger partial charge in [-0.2, -0.15) is 0 Å². The topological polar surface area (TPSA) is 76.7 Å². The molecule has 3 rings (SSSR count). The largest absolute Gasteiger partial charge is 0.507 e. The first-order valence-electron chi connectivity index (χ1n) is 7.03. The van der Waals surface area contributed by atoms with E-state index in [4.69, 9.17) is 9.15 Å². The molecule has 2 heterocycles. The summed E-state index contributed by atoms with van der Waals surface area (Å²) in [7, 11) is 0. The molecule has 1 aromatic heterocycles. The summed E-state index contributed by atoms with van der Waals surface area (Å²) in [6.45, 7) is 3.80. The van der Waals surface area contributed by atoms with Crippen LogP contribution in [0.4, 0.5) is 0 Å². The van der Waals surface area contributed by atoms with Crippen molar-refractivity contribution < 1.29 is 19.1 Å². The van der Waals surface area contributed by atoms with Gasteiger partial charge in [0.1, 0.15) is 28.7 Å². The molecule has 2 aromatic rings. The summed E-state index contributed by atoms with van der Waals surface area (Å²) < 4.78 is 10.9. The zero-order chi connectivity index (χ0) is 15.1. The van der Waals surface area contributed by atoms with Crippen molar-refractivity contribution in [3.05, 3.63) is 33.7 Å². The summed E-state index contributed by atoms with van der Waals surface area (Å²) >= 11 is 0. The lowest BCUT2D eigenvalue weighted by Gasteiger charge is -2.24. The van der Waals surface area contributed by atoms with E-state index in [9.17, 15) is 14.7 Å². The van der Waals surface area contributed by atoms with Crippen molar-refractivity contribution in [2.45, 2.75) is 39.2 Å². The molecule has 5 heteroatoms. The number of carbonyl (C=O) groups is 1. The summed E-state index contributed by atoms with van der Waals surface area (Å²) in [5, 5.41) is 10.7. The molecule has 0 radical (unpaired) electrons. The lowest BCUT2D eigenvalue weighted by Crippen LogP contribution is -2.24. The van der Waals surface area contributed by atoms with E-state index >= 15 is 0 Å². The minimum Gasteiger partial charge on any atom is -0.507 e. The summed E-state index contributed by atoms with van der Waals surface area (Å²) in [4.78, 5) is 23.8. The first kappa shape index (κ1) is 13.7. The van der Waals surface area contributed by atoms with Crippen molar-refractivity contribution in [2.24, 2.45) is 0 Å². The van der Waals surface area contributed by atoms with Crippen LogP contribution in [0.15, 0.2) is 21.3 Å². The highest BCUT2D eigenvalue weighted by atomic mass is 16.5. The van der Waals surface area contributed by atoms with Gasteiger partial charge in [-0.1, -0.05) is 13.3 Å². The summed E-state index contributed by atoms with van der Waals surface area (Å²) in [5.74, 6) is -0.0241. The van der Waals surface area contributed by atoms with Gasteiger partial charge >= 0.3 is 5.63 Å². The Kier molecular flexibility index (Phi) is 3.20. The number of hydrogen-bond acceptors (Lipinski definition) is 5. The predicted octanol–water partition coefficient (Wildman–Crippen LogP) is 2.80. The molecule has 0 fully saturated rings. The number of ether oxygens (including phenoxy) is 1. The van der Waals surface area contributed by atoms with Gasteiger partial charge in [-0.25, -0.2) is 4.79 Å². The van der Waals surface area contributed by atoms with E-state index in [2.05, 4.69) is 0 Å². The predicted molar refractivity (Wildman–Crippen MR) is 77.2 cm³/mol. The number of ketones is 1. The number of aryl methyl sites for hydroxylation is 1. The quantitative estimate of drug-likeness (QED) is 0.860. The van der Waals surface area contributed by atoms with Gasteiger partial charge in [0.15, 0.2) is 5.78 Å². The fourth-order valence-electron chi connectivity index (χ4n) is 2.82. The SMILES string of the molecule is CCCc1cc(=O)oc2cc(O)c3c(c12)OC(C)CC3=O. The third-order valence-electron chi connectivity index (χ3n) is 3.64. The average Bonchev–Trinajstić information content (AvgIpc) is 2.36. The van der Waals surface area contributed by atoms with Crippen LogP contribution >= 0.6 is 0 Å². The molecule has 110 valence electrons. The van der Waals surface area contributed by atoms with E-state index in [0.29, 0.717) is 17.6 Å². The third kappa shape index (κ3) is 2.18. The van der Waals surface area contributed by atoms with Crippen LogP contribution in [0.5, 0.6) is 11.5 Å². The highest BCUT2D eigenvalue weighted by molar-refractivity contribution is 6.08. The Morgan fingerprint density at radius 3 is 2.81 bits per heavy atom.